The summed E-state index contributed by atoms with van der Waals surface area (Å²) in [5.41, 5.74) is 9.39. The Labute approximate surface area is 84.9 Å². The fraction of sp³-hybridized carbons (Fsp3) is 0. The van der Waals surface area contributed by atoms with Gasteiger partial charge in [-0.15, -0.1) is 5.10 Å². The molecule has 0 bridgehead atoms. The van der Waals surface area contributed by atoms with Gasteiger partial charge in [0.15, 0.2) is 0 Å². The molecule has 0 saturated heterocycles. The topological polar surface area (TPSA) is 240 Å². The maximum atomic E-state index is 8.74. The molecule has 0 radical (unpaired) electrons. The Balaban J connectivity index is -0.000000144. The van der Waals surface area contributed by atoms with Crippen molar-refractivity contribution in [3.05, 3.63) is 0 Å². The van der Waals surface area contributed by atoms with Gasteiger partial charge < -0.3 is 17.3 Å². The molecule has 0 aromatic heterocycles. The van der Waals surface area contributed by atoms with E-state index in [1.165, 1.54) is 0 Å². The van der Waals surface area contributed by atoms with E-state index >= 15 is 0 Å². The van der Waals surface area contributed by atoms with Gasteiger partial charge in [0.1, 0.15) is 0 Å². The Bertz CT molecular complexity index is 315. The van der Waals surface area contributed by atoms with E-state index in [-0.39, 0.29) is 5.96 Å². The summed E-state index contributed by atoms with van der Waals surface area (Å²) in [5.74, 6) is 4.42. The lowest BCUT2D eigenvalue weighted by atomic mass is 12.1. The Morgan fingerprint density at radius 2 is 0.933 bits per heavy atom. The number of hydrogen-bond donors (Lipinski definition) is 7. The van der Waals surface area contributed by atoms with Gasteiger partial charge in [0.05, 0.1) is 0 Å². The summed E-state index contributed by atoms with van der Waals surface area (Å²) in [7, 11) is -9.33. The van der Waals surface area contributed by atoms with Crippen molar-refractivity contribution < 1.29 is 35.0 Å². The second kappa shape index (κ2) is 8.15. The average molecular weight is 275 g/mol. The zero-order valence-corrected chi connectivity index (χ0v) is 8.55. The Morgan fingerprint density at radius 1 is 0.867 bits per heavy atom. The van der Waals surface area contributed by atoms with Crippen LogP contribution in [0.5, 0.6) is 0 Å². The normalized spacial score (nSPS) is 9.87. The van der Waals surface area contributed by atoms with Crippen LogP contribution in [0.15, 0.2) is 5.10 Å². The molecule has 0 aliphatic carbocycles. The van der Waals surface area contributed by atoms with Gasteiger partial charge in [0, 0.05) is 0 Å². The molecule has 12 nitrogen and oxygen atoms in total. The van der Waals surface area contributed by atoms with Gasteiger partial charge in [-0.3, -0.25) is 18.2 Å². The van der Waals surface area contributed by atoms with Crippen LogP contribution >= 0.6 is 0 Å². The summed E-state index contributed by atoms with van der Waals surface area (Å²) in [5, 5.41) is 2.86. The fourth-order valence-electron chi connectivity index (χ4n) is 0. The molecular formula is CH10N4O8S2. The predicted molar refractivity (Wildman–Crippen MR) is 48.4 cm³/mol. The number of nitrogens with zero attached hydrogens (tertiary/aromatic N) is 1. The quantitative estimate of drug-likeness (QED) is 0.0442. The van der Waals surface area contributed by atoms with Crippen molar-refractivity contribution >= 4 is 26.8 Å². The van der Waals surface area contributed by atoms with E-state index in [0.717, 1.165) is 0 Å². The van der Waals surface area contributed by atoms with Crippen LogP contribution in [0.25, 0.3) is 0 Å². The molecule has 0 heterocycles. The average Bonchev–Trinajstić information content (AvgIpc) is 1.79. The van der Waals surface area contributed by atoms with Gasteiger partial charge in [-0.2, -0.15) is 16.8 Å². The second-order valence-corrected chi connectivity index (χ2v) is 3.24. The SMILES string of the molecule is O=S(=O)(O)O.O=S(=O)(O)O.[15NH2][15N]=[13C]([15NH2])[15NH2]. The molecule has 0 aromatic rings. The third-order valence-electron chi connectivity index (χ3n) is 0.149. The predicted octanol–water partition coefficient (Wildman–Crippen LogP) is -3.17. The summed E-state index contributed by atoms with van der Waals surface area (Å²) in [4.78, 5) is 0. The number of nitrogens with two attached hydrogens (primary N) is 3. The van der Waals surface area contributed by atoms with Crippen LogP contribution in [-0.4, -0.2) is 41.0 Å². The van der Waals surface area contributed by atoms with E-state index in [4.69, 9.17) is 46.5 Å². The molecule has 14 heteroatoms. The minimum absolute atomic E-state index is 0.0926. The molecule has 0 aliphatic rings. The molecule has 0 saturated carbocycles. The van der Waals surface area contributed by atoms with Gasteiger partial charge in [-0.1, -0.05) is 0 Å². The lowest BCUT2D eigenvalue weighted by Gasteiger charge is -1.76. The van der Waals surface area contributed by atoms with Gasteiger partial charge in [-0.25, -0.2) is 0 Å². The Kier molecular flexibility index (Phi) is 10.5. The van der Waals surface area contributed by atoms with Crippen molar-refractivity contribution in [1.82, 2.24) is 0 Å². The molecule has 0 aliphatic heterocycles. The van der Waals surface area contributed by atoms with Crippen LogP contribution in [0.3, 0.4) is 0 Å². The van der Waals surface area contributed by atoms with Crippen LogP contribution in [0.4, 0.5) is 0 Å². The van der Waals surface area contributed by atoms with Gasteiger partial charge in [0.25, 0.3) is 0 Å². The monoisotopic (exact) mass is 275 g/mol. The Morgan fingerprint density at radius 3 is 0.933 bits per heavy atom. The van der Waals surface area contributed by atoms with E-state index < -0.39 is 20.8 Å². The maximum absolute atomic E-state index is 8.74. The van der Waals surface area contributed by atoms with E-state index in [9.17, 15) is 0 Å². The third kappa shape index (κ3) is 2280. The lowest BCUT2D eigenvalue weighted by molar-refractivity contribution is 0.378. The second-order valence-electron chi connectivity index (χ2n) is 1.45. The molecule has 94 valence electrons. The molecule has 0 unspecified atom stereocenters. The number of hydrazone groups is 1. The van der Waals surface area contributed by atoms with Gasteiger partial charge in [0.2, 0.25) is 5.96 Å². The zero-order chi connectivity index (χ0) is 13.3. The zero-order valence-electron chi connectivity index (χ0n) is 6.92. The van der Waals surface area contributed by atoms with Crippen molar-refractivity contribution in [3.8, 4) is 0 Å². The lowest BCUT2D eigenvalue weighted by Crippen LogP contribution is -2.23. The molecule has 0 aromatic carbocycles. The highest BCUT2D eigenvalue weighted by Crippen LogP contribution is 1.59. The van der Waals surface area contributed by atoms with Crippen LogP contribution in [0.2, 0.25) is 0 Å². The minimum Gasteiger partial charge on any atom is -0.369 e. The van der Waals surface area contributed by atoms with Crippen LogP contribution < -0.4 is 17.3 Å². The molecule has 0 fully saturated rings. The van der Waals surface area contributed by atoms with E-state index in [1.54, 1.807) is 0 Å². The Hall–Kier alpha value is -1.19. The summed E-state index contributed by atoms with van der Waals surface area (Å²) in [6.45, 7) is 0. The smallest absolute Gasteiger partial charge is 0.369 e. The van der Waals surface area contributed by atoms with Crippen LogP contribution in [0.1, 0.15) is 0 Å². The minimum atomic E-state index is -4.67. The van der Waals surface area contributed by atoms with E-state index in [1.807, 2.05) is 0 Å². The van der Waals surface area contributed by atoms with Gasteiger partial charge in [-0.05, 0) is 0 Å². The standard InChI is InChI=1S/CH6N4.2H2O4S/c2-1(3)5-4;2*1-5(2,3)4/h4H2,(H4,2,3,5);2*(H2,1,2,3,4)/i1+1,2+1,3+1,4+1,5+1;;. The summed E-state index contributed by atoms with van der Waals surface area (Å²) >= 11 is 0. The van der Waals surface area contributed by atoms with Crippen molar-refractivity contribution in [3.63, 3.8) is 0 Å². The number of guanidine groups is 1. The first-order valence-electron chi connectivity index (χ1n) is 2.46. The summed E-state index contributed by atoms with van der Waals surface area (Å²) in [6.07, 6.45) is 0. The summed E-state index contributed by atoms with van der Waals surface area (Å²) in [6, 6.07) is 0. The first kappa shape index (κ1) is 19.4. The molecule has 15 heavy (non-hydrogen) atoms. The van der Waals surface area contributed by atoms with Crippen LogP contribution in [-0.2, 0) is 20.8 Å². The maximum Gasteiger partial charge on any atom is 0.394 e. The van der Waals surface area contributed by atoms with Crippen LogP contribution in [0, 0.1) is 0 Å². The largest absolute Gasteiger partial charge is 0.394 e. The first-order valence-corrected chi connectivity index (χ1v) is 5.25. The highest BCUT2D eigenvalue weighted by Gasteiger charge is 1.85. The molecule has 0 rings (SSSR count). The molecule has 0 atom stereocenters. The van der Waals surface area contributed by atoms with Crippen molar-refractivity contribution in [2.45, 2.75) is 0 Å². The fourth-order valence-corrected chi connectivity index (χ4v) is 0. The molecule has 10 N–H and O–H groups in total. The highest BCUT2D eigenvalue weighted by atomic mass is 32.3. The van der Waals surface area contributed by atoms with Crippen molar-refractivity contribution in [1.29, 1.82) is 0 Å². The highest BCUT2D eigenvalue weighted by molar-refractivity contribution is 7.80. The molecule has 0 spiro atoms. The van der Waals surface area contributed by atoms with Crippen molar-refractivity contribution in [2.75, 3.05) is 0 Å². The first-order chi connectivity index (χ1) is 6.27. The van der Waals surface area contributed by atoms with E-state index in [2.05, 4.69) is 10.9 Å². The molecular weight excluding hydrogens is 265 g/mol. The van der Waals surface area contributed by atoms with E-state index in [0.29, 0.717) is 0 Å². The van der Waals surface area contributed by atoms with Gasteiger partial charge >= 0.3 is 20.8 Å². The number of hydrogen-bond acceptors (Lipinski definition) is 6. The molecule has 0 amide bonds. The van der Waals surface area contributed by atoms with Crippen molar-refractivity contribution in [2.24, 2.45) is 22.4 Å². The third-order valence-corrected chi connectivity index (χ3v) is 0.149. The number of rotatable bonds is 0. The summed E-state index contributed by atoms with van der Waals surface area (Å²) < 4.78 is 63.2.